The largest absolute Gasteiger partial charge is 0.416 e. The molecule has 0 unspecified atom stereocenters. The van der Waals surface area contributed by atoms with Crippen molar-refractivity contribution in [2.75, 3.05) is 6.61 Å². The summed E-state index contributed by atoms with van der Waals surface area (Å²) in [7, 11) is -1.78. The SMILES string of the molecule is CC(=O)C[C@]1(C)C[C@H](O)[C@@H]2C[C@@]21CO[Si](C)(C)C(C)(C)C. The maximum atomic E-state index is 11.7. The fraction of sp³-hybridized carbons (Fsp3) is 0.941. The highest BCUT2D eigenvalue weighted by Crippen LogP contribution is 2.73. The lowest BCUT2D eigenvalue weighted by Gasteiger charge is -2.41. The van der Waals surface area contributed by atoms with Crippen LogP contribution in [0.4, 0.5) is 0 Å². The number of hydrogen-bond acceptors (Lipinski definition) is 3. The highest BCUT2D eigenvalue weighted by Gasteiger charge is 2.72. The van der Waals surface area contributed by atoms with Crippen LogP contribution in [0.1, 0.15) is 53.9 Å². The Kier molecular flexibility index (Phi) is 4.01. The predicted molar refractivity (Wildman–Crippen MR) is 87.7 cm³/mol. The molecule has 0 saturated heterocycles. The zero-order chi connectivity index (χ0) is 16.3. The summed E-state index contributed by atoms with van der Waals surface area (Å²) in [4.78, 5) is 11.7. The van der Waals surface area contributed by atoms with Crippen molar-refractivity contribution in [1.82, 2.24) is 0 Å². The standard InChI is InChI=1S/C17H32O3Si/c1-12(18)8-16(5)10-14(19)13-9-17(13,16)11-20-21(6,7)15(2,3)4/h13-14,19H,8-11H2,1-7H3/t13-,14-,16+,17+/m0/s1. The third-order valence-electron chi connectivity index (χ3n) is 6.60. The van der Waals surface area contributed by atoms with Crippen LogP contribution in [0.5, 0.6) is 0 Å². The number of carbonyl (C=O) groups is 1. The molecule has 0 aromatic carbocycles. The number of fused-ring (bicyclic) bond motifs is 1. The van der Waals surface area contributed by atoms with E-state index in [2.05, 4.69) is 40.8 Å². The summed E-state index contributed by atoms with van der Waals surface area (Å²) in [6.07, 6.45) is 2.09. The predicted octanol–water partition coefficient (Wildman–Crippen LogP) is 3.76. The number of ketones is 1. The molecule has 2 aliphatic carbocycles. The first-order chi connectivity index (χ1) is 9.35. The van der Waals surface area contributed by atoms with Gasteiger partial charge in [0.2, 0.25) is 0 Å². The van der Waals surface area contributed by atoms with E-state index >= 15 is 0 Å². The lowest BCUT2D eigenvalue weighted by Crippen LogP contribution is -2.44. The van der Waals surface area contributed by atoms with Crippen LogP contribution in [-0.4, -0.2) is 31.9 Å². The van der Waals surface area contributed by atoms with Gasteiger partial charge < -0.3 is 14.3 Å². The third-order valence-corrected chi connectivity index (χ3v) is 11.1. The van der Waals surface area contributed by atoms with Gasteiger partial charge in [-0.15, -0.1) is 0 Å². The van der Waals surface area contributed by atoms with Crippen LogP contribution in [-0.2, 0) is 9.22 Å². The van der Waals surface area contributed by atoms with Gasteiger partial charge in [-0.2, -0.15) is 0 Å². The van der Waals surface area contributed by atoms with Crippen molar-refractivity contribution in [2.24, 2.45) is 16.7 Å². The van der Waals surface area contributed by atoms with Crippen LogP contribution < -0.4 is 0 Å². The zero-order valence-electron chi connectivity index (χ0n) is 14.7. The minimum Gasteiger partial charge on any atom is -0.416 e. The van der Waals surface area contributed by atoms with Gasteiger partial charge in [0.05, 0.1) is 6.10 Å². The van der Waals surface area contributed by atoms with Crippen molar-refractivity contribution >= 4 is 14.1 Å². The topological polar surface area (TPSA) is 46.5 Å². The number of aliphatic hydroxyl groups excluding tert-OH is 1. The second-order valence-electron chi connectivity index (χ2n) is 9.23. The van der Waals surface area contributed by atoms with Gasteiger partial charge in [-0.25, -0.2) is 0 Å². The zero-order valence-corrected chi connectivity index (χ0v) is 15.7. The monoisotopic (exact) mass is 312 g/mol. The molecule has 0 aliphatic heterocycles. The van der Waals surface area contributed by atoms with E-state index in [-0.39, 0.29) is 27.8 Å². The Labute approximate surface area is 130 Å². The van der Waals surface area contributed by atoms with Gasteiger partial charge in [0, 0.05) is 18.4 Å². The maximum Gasteiger partial charge on any atom is 0.192 e. The molecule has 3 nitrogen and oxygen atoms in total. The van der Waals surface area contributed by atoms with Crippen LogP contribution in [0.3, 0.4) is 0 Å². The number of Topliss-reactive ketones (excluding diaryl/α,β-unsaturated/α-hetero) is 1. The van der Waals surface area contributed by atoms with E-state index in [0.717, 1.165) is 19.4 Å². The Bertz CT molecular complexity index is 440. The smallest absolute Gasteiger partial charge is 0.192 e. The van der Waals surface area contributed by atoms with Crippen molar-refractivity contribution in [3.63, 3.8) is 0 Å². The van der Waals surface area contributed by atoms with E-state index in [1.165, 1.54) is 0 Å². The first-order valence-corrected chi connectivity index (χ1v) is 11.1. The van der Waals surface area contributed by atoms with E-state index in [4.69, 9.17) is 4.43 Å². The first kappa shape index (κ1) is 17.2. The molecular weight excluding hydrogens is 280 g/mol. The summed E-state index contributed by atoms with van der Waals surface area (Å²) in [5.74, 6) is 0.565. The quantitative estimate of drug-likeness (QED) is 0.786. The third kappa shape index (κ3) is 2.75. The van der Waals surface area contributed by atoms with Crippen molar-refractivity contribution < 1.29 is 14.3 Å². The molecule has 2 aliphatic rings. The lowest BCUT2D eigenvalue weighted by atomic mass is 9.72. The second-order valence-corrected chi connectivity index (χ2v) is 14.0. The maximum absolute atomic E-state index is 11.7. The van der Waals surface area contributed by atoms with E-state index in [9.17, 15) is 9.90 Å². The molecule has 0 bridgehead atoms. The van der Waals surface area contributed by atoms with Gasteiger partial charge in [-0.1, -0.05) is 27.7 Å². The van der Waals surface area contributed by atoms with E-state index in [1.54, 1.807) is 6.92 Å². The average molecular weight is 313 g/mol. The summed E-state index contributed by atoms with van der Waals surface area (Å²) in [6, 6.07) is 0. The molecule has 0 radical (unpaired) electrons. The van der Waals surface area contributed by atoms with Gasteiger partial charge in [0.1, 0.15) is 5.78 Å². The van der Waals surface area contributed by atoms with Gasteiger partial charge in [0.15, 0.2) is 8.32 Å². The first-order valence-electron chi connectivity index (χ1n) is 8.16. The Hall–Kier alpha value is -0.193. The van der Waals surface area contributed by atoms with Gasteiger partial charge in [-0.05, 0) is 49.2 Å². The normalized spacial score (nSPS) is 39.2. The molecule has 2 fully saturated rings. The van der Waals surface area contributed by atoms with Crippen molar-refractivity contribution in [2.45, 2.75) is 78.1 Å². The number of carbonyl (C=O) groups excluding carboxylic acids is 1. The fourth-order valence-corrected chi connectivity index (χ4v) is 5.05. The Morgan fingerprint density at radius 1 is 1.33 bits per heavy atom. The Balaban J connectivity index is 2.14. The fourth-order valence-electron chi connectivity index (χ4n) is 4.00. The minimum absolute atomic E-state index is 0.0353. The molecule has 0 spiro atoms. The molecule has 0 heterocycles. The number of rotatable bonds is 5. The summed E-state index contributed by atoms with van der Waals surface area (Å²) >= 11 is 0. The van der Waals surface area contributed by atoms with Crippen LogP contribution >= 0.6 is 0 Å². The number of hydrogen-bond donors (Lipinski definition) is 1. The molecule has 4 atom stereocenters. The highest BCUT2D eigenvalue weighted by molar-refractivity contribution is 6.74. The summed E-state index contributed by atoms with van der Waals surface area (Å²) in [6.45, 7) is 15.9. The summed E-state index contributed by atoms with van der Waals surface area (Å²) < 4.78 is 6.46. The molecule has 0 amide bonds. The van der Waals surface area contributed by atoms with Gasteiger partial charge in [-0.3, -0.25) is 0 Å². The lowest BCUT2D eigenvalue weighted by molar-refractivity contribution is -0.120. The highest BCUT2D eigenvalue weighted by atomic mass is 28.4. The molecule has 1 N–H and O–H groups in total. The molecule has 0 aromatic rings. The Morgan fingerprint density at radius 2 is 1.90 bits per heavy atom. The molecule has 2 rings (SSSR count). The molecule has 4 heteroatoms. The minimum atomic E-state index is -1.78. The molecule has 122 valence electrons. The summed E-state index contributed by atoms with van der Waals surface area (Å²) in [5.41, 5.74) is -0.0567. The molecular formula is C17H32O3Si. The van der Waals surface area contributed by atoms with Crippen molar-refractivity contribution in [3.05, 3.63) is 0 Å². The molecule has 21 heavy (non-hydrogen) atoms. The Morgan fingerprint density at radius 3 is 2.33 bits per heavy atom. The van der Waals surface area contributed by atoms with Crippen molar-refractivity contribution in [3.8, 4) is 0 Å². The van der Waals surface area contributed by atoms with E-state index in [1.807, 2.05) is 0 Å². The molecule has 0 aromatic heterocycles. The second kappa shape index (κ2) is 4.90. The van der Waals surface area contributed by atoms with E-state index < -0.39 is 8.32 Å². The van der Waals surface area contributed by atoms with E-state index in [0.29, 0.717) is 12.3 Å². The van der Waals surface area contributed by atoms with Crippen LogP contribution in [0.15, 0.2) is 0 Å². The van der Waals surface area contributed by atoms with Crippen molar-refractivity contribution in [1.29, 1.82) is 0 Å². The van der Waals surface area contributed by atoms with Crippen LogP contribution in [0, 0.1) is 16.7 Å². The number of aliphatic hydroxyl groups is 1. The van der Waals surface area contributed by atoms with Gasteiger partial charge >= 0.3 is 0 Å². The summed E-state index contributed by atoms with van der Waals surface area (Å²) in [5, 5.41) is 10.5. The molecule has 2 saturated carbocycles. The van der Waals surface area contributed by atoms with Crippen LogP contribution in [0.2, 0.25) is 18.1 Å². The van der Waals surface area contributed by atoms with Crippen LogP contribution in [0.25, 0.3) is 0 Å². The van der Waals surface area contributed by atoms with Gasteiger partial charge in [0.25, 0.3) is 0 Å². The average Bonchev–Trinajstić information content (AvgIpc) is 2.95.